The first kappa shape index (κ1) is 34.8. The summed E-state index contributed by atoms with van der Waals surface area (Å²) in [5.74, 6) is 0. The Morgan fingerprint density at radius 3 is 1.71 bits per heavy atom. The highest BCUT2D eigenvalue weighted by molar-refractivity contribution is 6.12. The molecule has 59 heavy (non-hydrogen) atoms. The van der Waals surface area contributed by atoms with Crippen molar-refractivity contribution in [3.8, 4) is 55.6 Å². The number of furan rings is 1. The average molecular weight is 756 g/mol. The second-order valence-corrected chi connectivity index (χ2v) is 16.0. The van der Waals surface area contributed by atoms with Crippen LogP contribution >= 0.6 is 0 Å². The van der Waals surface area contributed by atoms with Crippen molar-refractivity contribution < 1.29 is 4.42 Å². The molecule has 1 aliphatic rings. The molecule has 0 saturated carbocycles. The predicted molar refractivity (Wildman–Crippen MR) is 248 cm³/mol. The Kier molecular flexibility index (Phi) is 8.20. The molecular weight excluding hydrogens is 715 g/mol. The Bertz CT molecular complexity index is 3210. The maximum Gasteiger partial charge on any atom is 0.136 e. The number of nitrogens with zero attached hydrogens (tertiary/aromatic N) is 1. The monoisotopic (exact) mass is 755 g/mol. The summed E-state index contributed by atoms with van der Waals surface area (Å²) in [6.07, 6.45) is 0. The molecule has 1 aliphatic carbocycles. The zero-order chi connectivity index (χ0) is 39.5. The Morgan fingerprint density at radius 2 is 0.898 bits per heavy atom. The highest BCUT2D eigenvalue weighted by Crippen LogP contribution is 2.52. The zero-order valence-electron chi connectivity index (χ0n) is 33.1. The lowest BCUT2D eigenvalue weighted by Crippen LogP contribution is -2.15. The third-order valence-electron chi connectivity index (χ3n) is 12.3. The predicted octanol–water partition coefficient (Wildman–Crippen LogP) is 16.0. The van der Waals surface area contributed by atoms with Gasteiger partial charge in [0.05, 0.1) is 5.69 Å². The number of fused-ring (bicyclic) bond motifs is 6. The van der Waals surface area contributed by atoms with Crippen LogP contribution < -0.4 is 4.90 Å². The number of hydrogen-bond donors (Lipinski definition) is 0. The third-order valence-corrected chi connectivity index (χ3v) is 12.3. The number of anilines is 3. The first-order chi connectivity index (χ1) is 29.0. The van der Waals surface area contributed by atoms with E-state index in [1.165, 1.54) is 50.1 Å². The molecule has 0 spiro atoms. The van der Waals surface area contributed by atoms with Gasteiger partial charge in [-0.2, -0.15) is 0 Å². The van der Waals surface area contributed by atoms with E-state index in [2.05, 4.69) is 225 Å². The van der Waals surface area contributed by atoms with Crippen LogP contribution in [0.3, 0.4) is 0 Å². The number of para-hydroxylation sites is 2. The molecule has 280 valence electrons. The van der Waals surface area contributed by atoms with Gasteiger partial charge in [0.25, 0.3) is 0 Å². The van der Waals surface area contributed by atoms with E-state index >= 15 is 0 Å². The van der Waals surface area contributed by atoms with E-state index in [1.807, 2.05) is 6.07 Å². The van der Waals surface area contributed by atoms with Gasteiger partial charge in [-0.1, -0.05) is 184 Å². The summed E-state index contributed by atoms with van der Waals surface area (Å²) < 4.78 is 6.36. The van der Waals surface area contributed by atoms with Gasteiger partial charge in [0.1, 0.15) is 11.2 Å². The van der Waals surface area contributed by atoms with Crippen molar-refractivity contribution in [3.63, 3.8) is 0 Å². The van der Waals surface area contributed by atoms with Gasteiger partial charge >= 0.3 is 0 Å². The summed E-state index contributed by atoms with van der Waals surface area (Å²) in [5, 5.41) is 2.26. The lowest BCUT2D eigenvalue weighted by molar-refractivity contribution is 0.660. The largest absolute Gasteiger partial charge is 0.456 e. The molecule has 0 atom stereocenters. The fourth-order valence-corrected chi connectivity index (χ4v) is 9.54. The van der Waals surface area contributed by atoms with Gasteiger partial charge in [0.2, 0.25) is 0 Å². The summed E-state index contributed by atoms with van der Waals surface area (Å²) in [7, 11) is 0. The van der Waals surface area contributed by atoms with E-state index in [0.29, 0.717) is 0 Å². The first-order valence-corrected chi connectivity index (χ1v) is 20.4. The summed E-state index contributed by atoms with van der Waals surface area (Å²) in [4.78, 5) is 2.46. The zero-order valence-corrected chi connectivity index (χ0v) is 33.1. The van der Waals surface area contributed by atoms with Crippen LogP contribution in [0, 0.1) is 0 Å². The standard InChI is InChI=1S/C57H41NO/c1-57(2)51-30-13-10-26-47(51)50-37-41(34-35-52(50)57)58(40-21-16-20-39(36-40)43-29-17-33-55-56(43)49-28-12-15-32-54(49)59-55)53-31-14-11-27-48(53)46-25-9-8-24-45(46)44-23-7-6-22-42(44)38-18-4-3-5-19-38/h3-37H,1-2H3. The third kappa shape index (κ3) is 5.71. The molecule has 1 heterocycles. The van der Waals surface area contributed by atoms with E-state index in [-0.39, 0.29) is 5.41 Å². The molecule has 0 N–H and O–H groups in total. The van der Waals surface area contributed by atoms with Crippen LogP contribution in [0.1, 0.15) is 25.0 Å². The summed E-state index contributed by atoms with van der Waals surface area (Å²) in [5.41, 5.74) is 19.7. The highest BCUT2D eigenvalue weighted by atomic mass is 16.3. The van der Waals surface area contributed by atoms with E-state index in [4.69, 9.17) is 4.42 Å². The molecule has 9 aromatic carbocycles. The van der Waals surface area contributed by atoms with Gasteiger partial charge in [0, 0.05) is 33.1 Å². The Labute approximate surface area is 345 Å². The molecule has 0 aliphatic heterocycles. The fourth-order valence-electron chi connectivity index (χ4n) is 9.54. The normalized spacial score (nSPS) is 12.7. The Morgan fingerprint density at radius 1 is 0.356 bits per heavy atom. The fraction of sp³-hybridized carbons (Fsp3) is 0.0526. The number of benzene rings is 9. The highest BCUT2D eigenvalue weighted by Gasteiger charge is 2.35. The molecule has 10 aromatic rings. The molecule has 11 rings (SSSR count). The minimum absolute atomic E-state index is 0.0930. The number of rotatable bonds is 7. The van der Waals surface area contributed by atoms with Gasteiger partial charge in [-0.3, -0.25) is 0 Å². The van der Waals surface area contributed by atoms with E-state index in [1.54, 1.807) is 0 Å². The molecular formula is C57H41NO. The molecule has 0 amide bonds. The van der Waals surface area contributed by atoms with Gasteiger partial charge in [-0.25, -0.2) is 0 Å². The van der Waals surface area contributed by atoms with Crippen LogP contribution in [0.2, 0.25) is 0 Å². The molecule has 2 nitrogen and oxygen atoms in total. The Hall–Kier alpha value is -7.42. The van der Waals surface area contributed by atoms with Crippen molar-refractivity contribution in [2.45, 2.75) is 19.3 Å². The molecule has 1 aromatic heterocycles. The van der Waals surface area contributed by atoms with Gasteiger partial charge in [0.15, 0.2) is 0 Å². The van der Waals surface area contributed by atoms with Crippen molar-refractivity contribution in [1.29, 1.82) is 0 Å². The van der Waals surface area contributed by atoms with E-state index in [9.17, 15) is 0 Å². The quantitative estimate of drug-likeness (QED) is 0.161. The molecule has 0 fully saturated rings. The van der Waals surface area contributed by atoms with Crippen LogP contribution in [0.5, 0.6) is 0 Å². The Balaban J connectivity index is 1.14. The van der Waals surface area contributed by atoms with E-state index < -0.39 is 0 Å². The molecule has 0 radical (unpaired) electrons. The van der Waals surface area contributed by atoms with Crippen LogP contribution in [-0.4, -0.2) is 0 Å². The van der Waals surface area contributed by atoms with Crippen molar-refractivity contribution in [2.24, 2.45) is 0 Å². The van der Waals surface area contributed by atoms with Crippen molar-refractivity contribution >= 4 is 39.0 Å². The maximum absolute atomic E-state index is 6.36. The summed E-state index contributed by atoms with van der Waals surface area (Å²) in [6, 6.07) is 76.9. The van der Waals surface area contributed by atoms with Gasteiger partial charge < -0.3 is 9.32 Å². The lowest BCUT2D eigenvalue weighted by Gasteiger charge is -2.30. The van der Waals surface area contributed by atoms with Crippen molar-refractivity contribution in [1.82, 2.24) is 0 Å². The smallest absolute Gasteiger partial charge is 0.136 e. The second-order valence-electron chi connectivity index (χ2n) is 16.0. The maximum atomic E-state index is 6.36. The van der Waals surface area contributed by atoms with Crippen molar-refractivity contribution in [2.75, 3.05) is 4.90 Å². The van der Waals surface area contributed by atoms with Crippen LogP contribution in [0.4, 0.5) is 17.1 Å². The minimum Gasteiger partial charge on any atom is -0.456 e. The number of hydrogen-bond acceptors (Lipinski definition) is 2. The van der Waals surface area contributed by atoms with E-state index in [0.717, 1.165) is 55.7 Å². The minimum atomic E-state index is -0.0930. The van der Waals surface area contributed by atoms with Gasteiger partial charge in [-0.15, -0.1) is 0 Å². The molecule has 0 bridgehead atoms. The topological polar surface area (TPSA) is 16.4 Å². The molecule has 0 saturated heterocycles. The first-order valence-electron chi connectivity index (χ1n) is 20.4. The van der Waals surface area contributed by atoms with Crippen LogP contribution in [-0.2, 0) is 5.41 Å². The van der Waals surface area contributed by atoms with Crippen LogP contribution in [0.15, 0.2) is 217 Å². The summed E-state index contributed by atoms with van der Waals surface area (Å²) >= 11 is 0. The van der Waals surface area contributed by atoms with Crippen LogP contribution in [0.25, 0.3) is 77.6 Å². The molecule has 0 unspecified atom stereocenters. The van der Waals surface area contributed by atoms with Crippen molar-refractivity contribution in [3.05, 3.63) is 223 Å². The SMILES string of the molecule is CC1(C)c2ccccc2-c2cc(N(c3cccc(-c4cccc5oc6ccccc6c45)c3)c3ccccc3-c3ccccc3-c3ccccc3-c3ccccc3)ccc21. The van der Waals surface area contributed by atoms with Gasteiger partial charge in [-0.05, 0) is 104 Å². The summed E-state index contributed by atoms with van der Waals surface area (Å²) in [6.45, 7) is 4.69. The molecule has 2 heteroatoms. The second kappa shape index (κ2) is 13.9. The average Bonchev–Trinajstić information content (AvgIpc) is 3.79. The lowest BCUT2D eigenvalue weighted by atomic mass is 9.82.